The highest BCUT2D eigenvalue weighted by atomic mass is 35.5. The van der Waals surface area contributed by atoms with Gasteiger partial charge in [-0.15, -0.1) is 0 Å². The Labute approximate surface area is 122 Å². The molecule has 110 valence electrons. The first-order valence-corrected chi connectivity index (χ1v) is 7.44. The van der Waals surface area contributed by atoms with Crippen molar-refractivity contribution in [3.05, 3.63) is 21.6 Å². The molecule has 1 aromatic rings. The summed E-state index contributed by atoms with van der Waals surface area (Å²) in [4.78, 5) is 16.0. The van der Waals surface area contributed by atoms with Crippen molar-refractivity contribution < 1.29 is 4.74 Å². The summed E-state index contributed by atoms with van der Waals surface area (Å²) in [5.74, 6) is 0. The molecule has 1 unspecified atom stereocenters. The number of aromatic nitrogens is 2. The molecule has 1 N–H and O–H groups in total. The van der Waals surface area contributed by atoms with Crippen LogP contribution < -0.4 is 10.5 Å². The fraction of sp³-hybridized carbons (Fsp3) is 0.692. The second-order valence-electron chi connectivity index (χ2n) is 5.32. The van der Waals surface area contributed by atoms with Gasteiger partial charge in [-0.3, -0.25) is 9.69 Å². The van der Waals surface area contributed by atoms with E-state index in [9.17, 15) is 4.79 Å². The van der Waals surface area contributed by atoms with Crippen LogP contribution in [0.4, 0.5) is 5.69 Å². The summed E-state index contributed by atoms with van der Waals surface area (Å²) in [7, 11) is 0. The van der Waals surface area contributed by atoms with E-state index in [2.05, 4.69) is 20.0 Å². The second kappa shape index (κ2) is 6.11. The van der Waals surface area contributed by atoms with Crippen molar-refractivity contribution in [2.24, 2.45) is 0 Å². The first kappa shape index (κ1) is 13.9. The molecule has 3 heterocycles. The molecule has 1 atom stereocenters. The number of hydrogen-bond donors (Lipinski definition) is 1. The number of H-pyrrole nitrogens is 1. The van der Waals surface area contributed by atoms with Crippen molar-refractivity contribution in [1.82, 2.24) is 15.1 Å². The number of piperazine rings is 1. The normalized spacial score (nSPS) is 24.2. The van der Waals surface area contributed by atoms with Crippen LogP contribution in [0.2, 0.25) is 5.02 Å². The lowest BCUT2D eigenvalue weighted by atomic mass is 10.2. The zero-order valence-electron chi connectivity index (χ0n) is 11.3. The molecule has 0 amide bonds. The van der Waals surface area contributed by atoms with E-state index in [0.29, 0.717) is 6.10 Å². The lowest BCUT2D eigenvalue weighted by molar-refractivity contribution is 0.0712. The van der Waals surface area contributed by atoms with E-state index in [1.54, 1.807) is 6.20 Å². The van der Waals surface area contributed by atoms with E-state index in [-0.39, 0.29) is 10.6 Å². The molecule has 2 fully saturated rings. The largest absolute Gasteiger partial charge is 0.377 e. The second-order valence-corrected chi connectivity index (χ2v) is 5.70. The molecule has 0 aromatic carbocycles. The quantitative estimate of drug-likeness (QED) is 0.891. The Hall–Kier alpha value is -1.11. The Kier molecular flexibility index (Phi) is 4.24. The summed E-state index contributed by atoms with van der Waals surface area (Å²) in [6, 6.07) is 0. The maximum atomic E-state index is 11.5. The Morgan fingerprint density at radius 2 is 2.20 bits per heavy atom. The van der Waals surface area contributed by atoms with Crippen LogP contribution in [0.1, 0.15) is 12.8 Å². The zero-order chi connectivity index (χ0) is 13.9. The first-order valence-electron chi connectivity index (χ1n) is 7.06. The molecule has 0 bridgehead atoms. The van der Waals surface area contributed by atoms with Crippen LogP contribution >= 0.6 is 11.6 Å². The minimum absolute atomic E-state index is 0.229. The number of anilines is 1. The van der Waals surface area contributed by atoms with Gasteiger partial charge < -0.3 is 9.64 Å². The molecule has 3 rings (SSSR count). The third-order valence-electron chi connectivity index (χ3n) is 3.98. The maximum Gasteiger partial charge on any atom is 0.285 e. The topological polar surface area (TPSA) is 61.5 Å². The number of ether oxygens (including phenoxy) is 1. The van der Waals surface area contributed by atoms with Gasteiger partial charge in [0, 0.05) is 39.3 Å². The molecule has 0 radical (unpaired) electrons. The third kappa shape index (κ3) is 2.97. The van der Waals surface area contributed by atoms with Crippen LogP contribution in [0.15, 0.2) is 11.0 Å². The predicted octanol–water partition coefficient (Wildman–Crippen LogP) is 0.724. The van der Waals surface area contributed by atoms with Crippen molar-refractivity contribution in [1.29, 1.82) is 0 Å². The summed E-state index contributed by atoms with van der Waals surface area (Å²) in [6.45, 7) is 5.55. The van der Waals surface area contributed by atoms with E-state index in [0.717, 1.165) is 45.0 Å². The van der Waals surface area contributed by atoms with Gasteiger partial charge in [-0.25, -0.2) is 5.10 Å². The Bertz CT molecular complexity index is 507. The van der Waals surface area contributed by atoms with Crippen LogP contribution in [-0.4, -0.2) is 60.5 Å². The van der Waals surface area contributed by atoms with Gasteiger partial charge in [0.2, 0.25) is 0 Å². The molecule has 0 spiro atoms. The zero-order valence-corrected chi connectivity index (χ0v) is 12.1. The van der Waals surface area contributed by atoms with Gasteiger partial charge in [-0.2, -0.15) is 5.10 Å². The minimum atomic E-state index is -0.328. The Balaban J connectivity index is 1.58. The van der Waals surface area contributed by atoms with Crippen molar-refractivity contribution in [3.8, 4) is 0 Å². The highest BCUT2D eigenvalue weighted by molar-refractivity contribution is 6.32. The summed E-state index contributed by atoms with van der Waals surface area (Å²) < 4.78 is 5.67. The number of nitrogens with zero attached hydrogens (tertiary/aromatic N) is 3. The smallest absolute Gasteiger partial charge is 0.285 e. The molecule has 7 heteroatoms. The molecule has 2 aliphatic rings. The van der Waals surface area contributed by atoms with Gasteiger partial charge in [0.15, 0.2) is 0 Å². The fourth-order valence-corrected chi connectivity index (χ4v) is 3.05. The average Bonchev–Trinajstić information content (AvgIpc) is 2.96. The number of halogens is 1. The first-order chi connectivity index (χ1) is 9.74. The SMILES string of the molecule is O=c1[nH]ncc(N2CCN(CC3CCCO3)CC2)c1Cl. The van der Waals surface area contributed by atoms with Gasteiger partial charge in [0.25, 0.3) is 5.56 Å². The van der Waals surface area contributed by atoms with Crippen molar-refractivity contribution in [3.63, 3.8) is 0 Å². The standard InChI is InChI=1S/C13H19ClN4O2/c14-12-11(8-15-16-13(12)19)18-5-3-17(4-6-18)9-10-2-1-7-20-10/h8,10H,1-7,9H2,(H,16,19). The molecule has 0 saturated carbocycles. The molecule has 6 nitrogen and oxygen atoms in total. The van der Waals surface area contributed by atoms with Gasteiger partial charge in [0.1, 0.15) is 5.02 Å². The average molecular weight is 299 g/mol. The van der Waals surface area contributed by atoms with Gasteiger partial charge in [-0.1, -0.05) is 11.6 Å². The molecule has 2 aliphatic heterocycles. The van der Waals surface area contributed by atoms with Crippen LogP contribution in [0.3, 0.4) is 0 Å². The Morgan fingerprint density at radius 3 is 2.90 bits per heavy atom. The van der Waals surface area contributed by atoms with Crippen LogP contribution in [-0.2, 0) is 4.74 Å². The summed E-state index contributed by atoms with van der Waals surface area (Å²) in [5.41, 5.74) is 0.401. The van der Waals surface area contributed by atoms with E-state index >= 15 is 0 Å². The number of aromatic amines is 1. The highest BCUT2D eigenvalue weighted by Gasteiger charge is 2.24. The number of rotatable bonds is 3. The van der Waals surface area contributed by atoms with Gasteiger partial charge in [0.05, 0.1) is 18.0 Å². The van der Waals surface area contributed by atoms with Gasteiger partial charge in [-0.05, 0) is 12.8 Å². The van der Waals surface area contributed by atoms with E-state index in [4.69, 9.17) is 16.3 Å². The summed E-state index contributed by atoms with van der Waals surface area (Å²) >= 11 is 6.04. The molecule has 20 heavy (non-hydrogen) atoms. The van der Waals surface area contributed by atoms with Gasteiger partial charge >= 0.3 is 0 Å². The fourth-order valence-electron chi connectivity index (χ4n) is 2.84. The van der Waals surface area contributed by atoms with E-state index < -0.39 is 0 Å². The molecular formula is C13H19ClN4O2. The molecule has 0 aliphatic carbocycles. The number of nitrogens with one attached hydrogen (secondary N) is 1. The lowest BCUT2D eigenvalue weighted by Gasteiger charge is -2.36. The lowest BCUT2D eigenvalue weighted by Crippen LogP contribution is -2.48. The third-order valence-corrected chi connectivity index (χ3v) is 4.34. The number of hydrogen-bond acceptors (Lipinski definition) is 5. The van der Waals surface area contributed by atoms with Crippen LogP contribution in [0.25, 0.3) is 0 Å². The molecule has 1 aromatic heterocycles. The predicted molar refractivity (Wildman–Crippen MR) is 77.5 cm³/mol. The van der Waals surface area contributed by atoms with Crippen molar-refractivity contribution in [2.45, 2.75) is 18.9 Å². The minimum Gasteiger partial charge on any atom is -0.377 e. The van der Waals surface area contributed by atoms with Crippen LogP contribution in [0, 0.1) is 0 Å². The van der Waals surface area contributed by atoms with E-state index in [1.165, 1.54) is 12.8 Å². The summed E-state index contributed by atoms with van der Waals surface area (Å²) in [6.07, 6.45) is 4.37. The van der Waals surface area contributed by atoms with E-state index in [1.807, 2.05) is 0 Å². The van der Waals surface area contributed by atoms with Crippen molar-refractivity contribution in [2.75, 3.05) is 44.2 Å². The maximum absolute atomic E-state index is 11.5. The highest BCUT2D eigenvalue weighted by Crippen LogP contribution is 2.22. The van der Waals surface area contributed by atoms with Crippen LogP contribution in [0.5, 0.6) is 0 Å². The Morgan fingerprint density at radius 1 is 1.40 bits per heavy atom. The monoisotopic (exact) mass is 298 g/mol. The molecule has 2 saturated heterocycles. The van der Waals surface area contributed by atoms with Crippen molar-refractivity contribution >= 4 is 17.3 Å². The molecular weight excluding hydrogens is 280 g/mol. The summed E-state index contributed by atoms with van der Waals surface area (Å²) in [5, 5.41) is 6.40.